The van der Waals surface area contributed by atoms with Crippen LogP contribution in [-0.4, -0.2) is 11.0 Å². The van der Waals surface area contributed by atoms with Crippen molar-refractivity contribution >= 4 is 35.2 Å². The normalized spacial score (nSPS) is 11.3. The van der Waals surface area contributed by atoms with Crippen LogP contribution >= 0.6 is 23.2 Å². The third kappa shape index (κ3) is 5.90. The van der Waals surface area contributed by atoms with Crippen LogP contribution in [0.4, 0.5) is 0 Å². The first-order chi connectivity index (χ1) is 14.7. The summed E-state index contributed by atoms with van der Waals surface area (Å²) in [6, 6.07) is 10.8. The minimum atomic E-state index is -0.504. The molecular weight excluding hydrogens is 437 g/mol. The lowest BCUT2D eigenvalue weighted by molar-refractivity contribution is -0.211. The van der Waals surface area contributed by atoms with E-state index in [2.05, 4.69) is 23.7 Å². The van der Waals surface area contributed by atoms with Gasteiger partial charge in [0.05, 0.1) is 16.3 Å². The molecule has 0 amide bonds. The summed E-state index contributed by atoms with van der Waals surface area (Å²) in [5.41, 5.74) is 3.41. The number of oxazole rings is 1. The number of aryl methyl sites for hydroxylation is 1. The highest BCUT2D eigenvalue weighted by atomic mass is 35.5. The molecule has 5 nitrogen and oxygen atoms in total. The lowest BCUT2D eigenvalue weighted by Gasteiger charge is -2.06. The first kappa shape index (κ1) is 22.9. The molecule has 0 saturated carbocycles. The Balaban J connectivity index is 1.78. The Hall–Kier alpha value is -2.76. The summed E-state index contributed by atoms with van der Waals surface area (Å²) in [5, 5.41) is 1.06. The zero-order valence-electron chi connectivity index (χ0n) is 17.7. The third-order valence-electron chi connectivity index (χ3n) is 4.48. The van der Waals surface area contributed by atoms with E-state index >= 15 is 0 Å². The van der Waals surface area contributed by atoms with Gasteiger partial charge in [0.15, 0.2) is 5.75 Å². The summed E-state index contributed by atoms with van der Waals surface area (Å²) in [4.78, 5) is 25.2. The summed E-state index contributed by atoms with van der Waals surface area (Å²) in [6.45, 7) is 7.29. The second-order valence-electron chi connectivity index (χ2n) is 7.40. The molecule has 162 valence electrons. The monoisotopic (exact) mass is 459 g/mol. The molecule has 0 saturated heterocycles. The zero-order valence-corrected chi connectivity index (χ0v) is 19.3. The van der Waals surface area contributed by atoms with Crippen molar-refractivity contribution in [3.63, 3.8) is 0 Å². The topological polar surface area (TPSA) is 61.6 Å². The molecule has 0 unspecified atom stereocenters. The first-order valence-corrected chi connectivity index (χ1v) is 10.6. The fourth-order valence-electron chi connectivity index (χ4n) is 3.02. The summed E-state index contributed by atoms with van der Waals surface area (Å²) >= 11 is 12.3. The average Bonchev–Trinajstić information content (AvgIpc) is 3.11. The van der Waals surface area contributed by atoms with Gasteiger partial charge in [0, 0.05) is 24.3 Å². The lowest BCUT2D eigenvalue weighted by Crippen LogP contribution is -2.03. The van der Waals surface area contributed by atoms with Gasteiger partial charge in [0.1, 0.15) is 5.76 Å². The number of aromatic nitrogens is 1. The molecule has 1 aromatic heterocycles. The van der Waals surface area contributed by atoms with Crippen LogP contribution in [0.5, 0.6) is 5.75 Å². The SMILES string of the molecule is CC(=O)OOc1ccc(/C=C/Cc2nc(-c3ccc(Cl)cc3Cl)oc2C(C)C)cc1C. The Kier molecular flexibility index (Phi) is 7.42. The minimum absolute atomic E-state index is 0.177. The van der Waals surface area contributed by atoms with Crippen molar-refractivity contribution in [3.8, 4) is 17.2 Å². The van der Waals surface area contributed by atoms with Gasteiger partial charge in [-0.15, -0.1) is 0 Å². The van der Waals surface area contributed by atoms with E-state index in [0.29, 0.717) is 33.7 Å². The number of benzene rings is 2. The maximum Gasteiger partial charge on any atom is 0.352 e. The summed E-state index contributed by atoms with van der Waals surface area (Å²) < 4.78 is 6.04. The predicted molar refractivity (Wildman–Crippen MR) is 122 cm³/mol. The molecule has 2 aromatic carbocycles. The van der Waals surface area contributed by atoms with Crippen LogP contribution in [0.15, 0.2) is 46.9 Å². The van der Waals surface area contributed by atoms with Crippen molar-refractivity contribution < 1.29 is 19.0 Å². The minimum Gasteiger partial charge on any atom is -0.441 e. The number of hydrogen-bond acceptors (Lipinski definition) is 5. The van der Waals surface area contributed by atoms with E-state index in [1.807, 2.05) is 37.3 Å². The van der Waals surface area contributed by atoms with E-state index in [1.54, 1.807) is 18.2 Å². The molecular formula is C24H23Cl2NO4. The highest BCUT2D eigenvalue weighted by Gasteiger charge is 2.18. The lowest BCUT2D eigenvalue weighted by atomic mass is 10.1. The van der Waals surface area contributed by atoms with Crippen LogP contribution < -0.4 is 4.89 Å². The van der Waals surface area contributed by atoms with Crippen LogP contribution in [0.3, 0.4) is 0 Å². The molecule has 3 rings (SSSR count). The standard InChI is InChI=1S/C24H23Cl2NO4/c1-14(2)23-21(27-24(29-23)19-10-9-18(25)13-20(19)26)7-5-6-17-8-11-22(15(3)12-17)31-30-16(4)28/h5-6,8-14H,7H2,1-4H3/b6-5+. The Morgan fingerprint density at radius 1 is 1.19 bits per heavy atom. The fourth-order valence-corrected chi connectivity index (χ4v) is 3.51. The molecule has 0 aliphatic carbocycles. The van der Waals surface area contributed by atoms with E-state index in [1.165, 1.54) is 6.92 Å². The fraction of sp³-hybridized carbons (Fsp3) is 0.250. The molecule has 0 aliphatic heterocycles. The highest BCUT2D eigenvalue weighted by Crippen LogP contribution is 2.33. The van der Waals surface area contributed by atoms with Crippen molar-refractivity contribution in [1.29, 1.82) is 0 Å². The van der Waals surface area contributed by atoms with Gasteiger partial charge < -0.3 is 4.42 Å². The smallest absolute Gasteiger partial charge is 0.352 e. The second-order valence-corrected chi connectivity index (χ2v) is 8.24. The first-order valence-electron chi connectivity index (χ1n) is 9.82. The number of halogens is 2. The van der Waals surface area contributed by atoms with Crippen LogP contribution in [0.2, 0.25) is 10.0 Å². The maximum atomic E-state index is 10.9. The molecule has 1 heterocycles. The summed E-state index contributed by atoms with van der Waals surface area (Å²) in [6.07, 6.45) is 4.63. The van der Waals surface area contributed by atoms with E-state index < -0.39 is 5.97 Å². The van der Waals surface area contributed by atoms with Gasteiger partial charge in [-0.2, -0.15) is 0 Å². The molecule has 31 heavy (non-hydrogen) atoms. The predicted octanol–water partition coefficient (Wildman–Crippen LogP) is 7.19. The van der Waals surface area contributed by atoms with Gasteiger partial charge in [0.2, 0.25) is 5.89 Å². The maximum absolute atomic E-state index is 10.9. The number of hydrogen-bond donors (Lipinski definition) is 0. The second kappa shape index (κ2) is 10.0. The van der Waals surface area contributed by atoms with Gasteiger partial charge in [-0.3, -0.25) is 9.78 Å². The molecule has 0 fully saturated rings. The molecule has 3 aromatic rings. The Labute approximate surface area is 191 Å². The van der Waals surface area contributed by atoms with Crippen molar-refractivity contribution in [2.45, 2.75) is 40.0 Å². The van der Waals surface area contributed by atoms with E-state index in [9.17, 15) is 4.79 Å². The number of allylic oxidation sites excluding steroid dienone is 1. The molecule has 0 spiro atoms. The molecule has 7 heteroatoms. The van der Waals surface area contributed by atoms with Gasteiger partial charge in [0.25, 0.3) is 0 Å². The van der Waals surface area contributed by atoms with Crippen LogP contribution in [0.1, 0.15) is 49.3 Å². The number of rotatable bonds is 7. The highest BCUT2D eigenvalue weighted by molar-refractivity contribution is 6.36. The van der Waals surface area contributed by atoms with Crippen molar-refractivity contribution in [2.75, 3.05) is 0 Å². The number of nitrogens with zero attached hydrogens (tertiary/aromatic N) is 1. The van der Waals surface area contributed by atoms with Gasteiger partial charge in [-0.05, 0) is 48.4 Å². The molecule has 0 atom stereocenters. The van der Waals surface area contributed by atoms with Crippen LogP contribution in [-0.2, 0) is 16.1 Å². The third-order valence-corrected chi connectivity index (χ3v) is 5.03. The van der Waals surface area contributed by atoms with Gasteiger partial charge in [-0.25, -0.2) is 9.78 Å². The average molecular weight is 460 g/mol. The number of carbonyl (C=O) groups excluding carboxylic acids is 1. The zero-order chi connectivity index (χ0) is 22.5. The molecule has 0 radical (unpaired) electrons. The Morgan fingerprint density at radius 3 is 2.61 bits per heavy atom. The largest absolute Gasteiger partial charge is 0.441 e. The van der Waals surface area contributed by atoms with Gasteiger partial charge in [-0.1, -0.05) is 55.3 Å². The van der Waals surface area contributed by atoms with Crippen LogP contribution in [0.25, 0.3) is 17.5 Å². The number of carbonyl (C=O) groups is 1. The molecule has 0 bridgehead atoms. The Bertz CT molecular complexity index is 1120. The quantitative estimate of drug-likeness (QED) is 0.276. The van der Waals surface area contributed by atoms with Crippen molar-refractivity contribution in [2.24, 2.45) is 0 Å². The summed E-state index contributed by atoms with van der Waals surface area (Å²) in [5.74, 6) is 1.48. The van der Waals surface area contributed by atoms with Gasteiger partial charge >= 0.3 is 5.97 Å². The molecule has 0 aliphatic rings. The van der Waals surface area contributed by atoms with E-state index in [0.717, 1.165) is 22.6 Å². The van der Waals surface area contributed by atoms with E-state index in [4.69, 9.17) is 32.5 Å². The van der Waals surface area contributed by atoms with E-state index in [-0.39, 0.29) is 5.92 Å². The van der Waals surface area contributed by atoms with Crippen LogP contribution in [0, 0.1) is 6.92 Å². The van der Waals surface area contributed by atoms with Crippen molar-refractivity contribution in [1.82, 2.24) is 4.98 Å². The Morgan fingerprint density at radius 2 is 1.97 bits per heavy atom. The molecule has 0 N–H and O–H groups in total. The summed E-state index contributed by atoms with van der Waals surface area (Å²) in [7, 11) is 0. The van der Waals surface area contributed by atoms with Crippen molar-refractivity contribution in [3.05, 3.63) is 75.1 Å².